The van der Waals surface area contributed by atoms with Crippen molar-refractivity contribution in [2.45, 2.75) is 59.2 Å². The first-order chi connectivity index (χ1) is 22.3. The molecule has 6 rings (SSSR count). The Hall–Kier alpha value is -4.65. The maximum atomic E-state index is 12.4. The van der Waals surface area contributed by atoms with E-state index in [4.69, 9.17) is 15.2 Å². The number of anilines is 1. The van der Waals surface area contributed by atoms with Crippen molar-refractivity contribution in [3.8, 4) is 17.1 Å². The molecule has 0 spiro atoms. The summed E-state index contributed by atoms with van der Waals surface area (Å²) in [6, 6.07) is 9.44. The fourth-order valence-corrected chi connectivity index (χ4v) is 6.47. The summed E-state index contributed by atoms with van der Waals surface area (Å²) in [6.07, 6.45) is 3.41. The molecule has 1 saturated carbocycles. The van der Waals surface area contributed by atoms with Crippen LogP contribution in [0.2, 0.25) is 0 Å². The number of piperazine rings is 1. The van der Waals surface area contributed by atoms with Crippen LogP contribution in [-0.2, 0) is 24.9 Å². The van der Waals surface area contributed by atoms with Gasteiger partial charge in [-0.15, -0.1) is 0 Å². The van der Waals surface area contributed by atoms with Crippen LogP contribution in [0, 0.1) is 18.8 Å². The fraction of sp³-hybridized carbons (Fsp3) is 0.500. The number of carbonyl (C=O) groups excluding carboxylic acids is 1. The monoisotopic (exact) mass is 644 g/mol. The molecule has 13 nitrogen and oxygen atoms in total. The average Bonchev–Trinajstić information content (AvgIpc) is 3.51. The van der Waals surface area contributed by atoms with Gasteiger partial charge in [-0.3, -0.25) is 9.88 Å². The number of imidazole rings is 1. The van der Waals surface area contributed by atoms with E-state index in [1.54, 1.807) is 34.8 Å². The minimum atomic E-state index is -0.999. The molecule has 0 radical (unpaired) electrons. The van der Waals surface area contributed by atoms with Crippen molar-refractivity contribution in [3.63, 3.8) is 0 Å². The number of aryl methyl sites for hydroxylation is 2. The molecule has 3 N–H and O–H groups in total. The summed E-state index contributed by atoms with van der Waals surface area (Å²) >= 11 is 0. The Labute approximate surface area is 274 Å². The second kappa shape index (κ2) is 12.9. The third-order valence-corrected chi connectivity index (χ3v) is 8.86. The van der Waals surface area contributed by atoms with E-state index in [2.05, 4.69) is 36.7 Å². The van der Waals surface area contributed by atoms with E-state index in [9.17, 15) is 14.7 Å². The summed E-state index contributed by atoms with van der Waals surface area (Å²) in [5.41, 5.74) is 11.0. The maximum absolute atomic E-state index is 12.4. The van der Waals surface area contributed by atoms with Crippen LogP contribution in [-0.4, -0.2) is 89.7 Å². The van der Waals surface area contributed by atoms with E-state index in [1.807, 2.05) is 33.9 Å². The first-order valence-corrected chi connectivity index (χ1v) is 16.1. The lowest BCUT2D eigenvalue weighted by molar-refractivity contribution is 0.0139. The molecule has 1 aliphatic heterocycles. The van der Waals surface area contributed by atoms with Gasteiger partial charge in [-0.2, -0.15) is 5.10 Å². The highest BCUT2D eigenvalue weighted by atomic mass is 16.6. The number of nitrogens with zero attached hydrogens (tertiary/aromatic N) is 7. The van der Waals surface area contributed by atoms with Crippen LogP contribution < -0.4 is 10.5 Å². The molecule has 0 bridgehead atoms. The van der Waals surface area contributed by atoms with Crippen LogP contribution in [0.15, 0.2) is 36.5 Å². The molecule has 4 heterocycles. The van der Waals surface area contributed by atoms with E-state index >= 15 is 0 Å². The Morgan fingerprint density at radius 2 is 1.79 bits per heavy atom. The highest BCUT2D eigenvalue weighted by molar-refractivity contribution is 5.89. The van der Waals surface area contributed by atoms with E-state index < -0.39 is 11.6 Å². The quantitative estimate of drug-likeness (QED) is 0.265. The topological polar surface area (TPSA) is 154 Å². The summed E-state index contributed by atoms with van der Waals surface area (Å²) < 4.78 is 15.6. The van der Waals surface area contributed by atoms with Crippen LogP contribution in [0.5, 0.6) is 5.88 Å². The van der Waals surface area contributed by atoms with Gasteiger partial charge in [-0.05, 0) is 82.2 Å². The maximum Gasteiger partial charge on any atom is 0.410 e. The molecule has 4 aromatic rings. The lowest BCUT2D eigenvalue weighted by atomic mass is 9.75. The predicted molar refractivity (Wildman–Crippen MR) is 177 cm³/mol. The van der Waals surface area contributed by atoms with Crippen LogP contribution in [0.4, 0.5) is 10.7 Å². The summed E-state index contributed by atoms with van der Waals surface area (Å²) in [7, 11) is 1.81. The number of fused-ring (bicyclic) bond motifs is 1. The largest absolute Gasteiger partial charge is 0.478 e. The van der Waals surface area contributed by atoms with E-state index in [0.717, 1.165) is 50.1 Å². The summed E-state index contributed by atoms with van der Waals surface area (Å²) in [5.74, 6) is 0.936. The lowest BCUT2D eigenvalue weighted by Gasteiger charge is -2.36. The van der Waals surface area contributed by atoms with Gasteiger partial charge in [0.25, 0.3) is 0 Å². The number of rotatable bonds is 9. The number of benzene rings is 1. The molecule has 1 aromatic carbocycles. The molecule has 2 fully saturated rings. The first-order valence-electron chi connectivity index (χ1n) is 16.1. The third-order valence-electron chi connectivity index (χ3n) is 8.86. The highest BCUT2D eigenvalue weighted by Gasteiger charge is 2.32. The van der Waals surface area contributed by atoms with Crippen LogP contribution in [0.3, 0.4) is 0 Å². The molecule has 0 unspecified atom stereocenters. The van der Waals surface area contributed by atoms with Gasteiger partial charge in [0.1, 0.15) is 5.60 Å². The number of hydrogen-bond acceptors (Lipinski definition) is 9. The number of pyridine rings is 1. The SMILES string of the molecule is Cc1cc(C(=O)O)cc(-c2cnn(C)c2OCC2CC(Cn3c(N)nc4ccc(CN5CCN(C(=O)OC(C)(C)C)CC5)cc43)C2)n1. The smallest absolute Gasteiger partial charge is 0.410 e. The van der Waals surface area contributed by atoms with Gasteiger partial charge in [0.15, 0.2) is 0 Å². The molecule has 250 valence electrons. The van der Waals surface area contributed by atoms with Crippen molar-refractivity contribution in [2.75, 3.05) is 38.5 Å². The van der Waals surface area contributed by atoms with Gasteiger partial charge in [0.2, 0.25) is 11.8 Å². The zero-order valence-electron chi connectivity index (χ0n) is 27.8. The second-order valence-electron chi connectivity index (χ2n) is 13.8. The Morgan fingerprint density at radius 1 is 1.04 bits per heavy atom. The van der Waals surface area contributed by atoms with E-state index in [-0.39, 0.29) is 11.7 Å². The number of aromatic carboxylic acids is 1. The van der Waals surface area contributed by atoms with Crippen molar-refractivity contribution in [1.29, 1.82) is 0 Å². The number of aromatic nitrogens is 5. The van der Waals surface area contributed by atoms with Gasteiger partial charge in [0, 0.05) is 52.0 Å². The van der Waals surface area contributed by atoms with Gasteiger partial charge in [-0.25, -0.2) is 19.3 Å². The molecule has 13 heteroatoms. The number of nitrogens with two attached hydrogens (primary N) is 1. The zero-order chi connectivity index (χ0) is 33.5. The molecule has 1 amide bonds. The Balaban J connectivity index is 1.04. The van der Waals surface area contributed by atoms with Crippen LogP contribution in [0.1, 0.15) is 55.2 Å². The molecule has 2 aliphatic rings. The minimum absolute atomic E-state index is 0.181. The number of carboxylic acid groups (broad SMARTS) is 1. The molecule has 3 aromatic heterocycles. The molecule has 47 heavy (non-hydrogen) atoms. The van der Waals surface area contributed by atoms with Gasteiger partial charge >= 0.3 is 12.1 Å². The standard InChI is InChI=1S/C34H44N8O5/c1-21-12-25(31(43)44)16-28(37-21)26-17-36-39(5)30(26)46-20-24-13-23(14-24)19-42-29-15-22(6-7-27(29)38-32(42)35)18-40-8-10-41(11-9-40)33(45)47-34(2,3)4/h6-7,12,15-17,23-24H,8-11,13-14,18-20H2,1-5H3,(H2,35,38)(H,43,44). The number of carboxylic acids is 1. The normalized spacial score (nSPS) is 18.7. The predicted octanol–water partition coefficient (Wildman–Crippen LogP) is 4.58. The van der Waals surface area contributed by atoms with E-state index in [0.29, 0.717) is 60.3 Å². The number of hydrogen-bond donors (Lipinski definition) is 2. The molecule has 1 aliphatic carbocycles. The second-order valence-corrected chi connectivity index (χ2v) is 13.8. The Morgan fingerprint density at radius 3 is 2.49 bits per heavy atom. The molecule has 0 atom stereocenters. The molecular weight excluding hydrogens is 600 g/mol. The zero-order valence-corrected chi connectivity index (χ0v) is 27.8. The molecule has 1 saturated heterocycles. The summed E-state index contributed by atoms with van der Waals surface area (Å²) in [5, 5.41) is 13.8. The lowest BCUT2D eigenvalue weighted by Crippen LogP contribution is -2.49. The third kappa shape index (κ3) is 7.35. The number of ether oxygens (including phenoxy) is 2. The Kier molecular flexibility index (Phi) is 8.84. The highest BCUT2D eigenvalue weighted by Crippen LogP contribution is 2.38. The van der Waals surface area contributed by atoms with Gasteiger partial charge in [0.05, 0.1) is 40.7 Å². The number of nitrogen functional groups attached to an aromatic ring is 1. The van der Waals surface area contributed by atoms with Crippen LogP contribution >= 0.6 is 0 Å². The van der Waals surface area contributed by atoms with E-state index in [1.165, 1.54) is 5.56 Å². The summed E-state index contributed by atoms with van der Waals surface area (Å²) in [6.45, 7) is 12.4. The average molecular weight is 645 g/mol. The van der Waals surface area contributed by atoms with Crippen molar-refractivity contribution in [2.24, 2.45) is 18.9 Å². The Bertz CT molecular complexity index is 1780. The number of amides is 1. The summed E-state index contributed by atoms with van der Waals surface area (Å²) in [4.78, 5) is 37.3. The first kappa shape index (κ1) is 32.3. The fourth-order valence-electron chi connectivity index (χ4n) is 6.47. The molecular formula is C34H44N8O5. The minimum Gasteiger partial charge on any atom is -0.478 e. The van der Waals surface area contributed by atoms with Crippen molar-refractivity contribution in [1.82, 2.24) is 34.1 Å². The van der Waals surface area contributed by atoms with Crippen molar-refractivity contribution >= 4 is 29.0 Å². The van der Waals surface area contributed by atoms with Crippen molar-refractivity contribution < 1.29 is 24.2 Å². The number of carbonyl (C=O) groups is 2. The van der Waals surface area contributed by atoms with Crippen LogP contribution in [0.25, 0.3) is 22.3 Å². The van der Waals surface area contributed by atoms with Gasteiger partial charge in [-0.1, -0.05) is 6.07 Å². The van der Waals surface area contributed by atoms with Gasteiger partial charge < -0.3 is 29.8 Å². The van der Waals surface area contributed by atoms with Crippen molar-refractivity contribution in [3.05, 3.63) is 53.3 Å².